The average Bonchev–Trinajstić information content (AvgIpc) is 2.72. The third-order valence-corrected chi connectivity index (χ3v) is 4.64. The first kappa shape index (κ1) is 19.6. The van der Waals surface area contributed by atoms with Crippen LogP contribution in [0.3, 0.4) is 0 Å². The molecule has 1 unspecified atom stereocenters. The molecule has 0 spiro atoms. The van der Waals surface area contributed by atoms with Crippen molar-refractivity contribution in [2.24, 2.45) is 0 Å². The van der Waals surface area contributed by atoms with Gasteiger partial charge in [-0.05, 0) is 24.0 Å². The number of aromatic nitrogens is 2. The number of ether oxygens (including phenoxy) is 3. The van der Waals surface area contributed by atoms with E-state index in [4.69, 9.17) is 14.2 Å². The van der Waals surface area contributed by atoms with Gasteiger partial charge < -0.3 is 19.1 Å². The largest absolute Gasteiger partial charge is 0.497 e. The first-order valence-corrected chi connectivity index (χ1v) is 9.65. The van der Waals surface area contributed by atoms with Crippen molar-refractivity contribution in [2.75, 3.05) is 38.0 Å². The van der Waals surface area contributed by atoms with Crippen molar-refractivity contribution < 1.29 is 23.0 Å². The van der Waals surface area contributed by atoms with Gasteiger partial charge in [0.05, 0.1) is 20.3 Å². The highest BCUT2D eigenvalue weighted by atomic mass is 32.2. The molecule has 1 saturated heterocycles. The summed E-state index contributed by atoms with van der Waals surface area (Å²) >= 11 is 1.37. The second-order valence-corrected chi connectivity index (χ2v) is 6.65. The lowest BCUT2D eigenvalue weighted by Crippen LogP contribution is -2.46. The van der Waals surface area contributed by atoms with Crippen LogP contribution in [-0.2, 0) is 11.3 Å². The molecule has 1 aromatic heterocycles. The fourth-order valence-electron chi connectivity index (χ4n) is 2.63. The molecule has 0 saturated carbocycles. The van der Waals surface area contributed by atoms with E-state index in [1.165, 1.54) is 11.8 Å². The standard InChI is InChI=1S/C18H21F2N3O3S/c1-24-13-5-3-12(4-6-13)11-26-16-9-15(21-18(22-16)27-2)23-7-8-25-14(10-23)17(19)20/h3-6,9,14,17H,7-8,10-11H2,1-2H3. The normalized spacial score (nSPS) is 17.2. The summed E-state index contributed by atoms with van der Waals surface area (Å²) < 4.78 is 42.0. The maximum absolute atomic E-state index is 13.0. The van der Waals surface area contributed by atoms with Crippen LogP contribution in [-0.4, -0.2) is 55.6 Å². The van der Waals surface area contributed by atoms with Crippen molar-refractivity contribution in [3.05, 3.63) is 35.9 Å². The SMILES string of the molecule is COc1ccc(COc2cc(N3CCOC(C(F)F)C3)nc(SC)n2)cc1. The highest BCUT2D eigenvalue weighted by Gasteiger charge is 2.29. The number of hydrogen-bond acceptors (Lipinski definition) is 7. The third-order valence-electron chi connectivity index (χ3n) is 4.10. The zero-order valence-electron chi connectivity index (χ0n) is 15.1. The molecule has 146 valence electrons. The first-order chi connectivity index (χ1) is 13.1. The van der Waals surface area contributed by atoms with Crippen LogP contribution in [0.5, 0.6) is 11.6 Å². The van der Waals surface area contributed by atoms with Crippen LogP contribution in [0.15, 0.2) is 35.5 Å². The number of methoxy groups -OCH3 is 1. The Bertz CT molecular complexity index is 749. The Morgan fingerprint density at radius 1 is 1.30 bits per heavy atom. The molecule has 0 aliphatic carbocycles. The van der Waals surface area contributed by atoms with Crippen LogP contribution in [0.25, 0.3) is 0 Å². The van der Waals surface area contributed by atoms with E-state index in [0.29, 0.717) is 30.0 Å². The van der Waals surface area contributed by atoms with Crippen LogP contribution in [0.2, 0.25) is 0 Å². The lowest BCUT2D eigenvalue weighted by molar-refractivity contribution is -0.0616. The smallest absolute Gasteiger partial charge is 0.266 e. The minimum Gasteiger partial charge on any atom is -0.497 e. The van der Waals surface area contributed by atoms with E-state index < -0.39 is 12.5 Å². The summed E-state index contributed by atoms with van der Waals surface area (Å²) in [6.07, 6.45) is -1.79. The van der Waals surface area contributed by atoms with Crippen molar-refractivity contribution >= 4 is 17.6 Å². The molecule has 27 heavy (non-hydrogen) atoms. The molecule has 1 fully saturated rings. The second-order valence-electron chi connectivity index (χ2n) is 5.88. The number of rotatable bonds is 7. The summed E-state index contributed by atoms with van der Waals surface area (Å²) in [6.45, 7) is 1.14. The quantitative estimate of drug-likeness (QED) is 0.525. The number of morpholine rings is 1. The fourth-order valence-corrected chi connectivity index (χ4v) is 3.00. The zero-order valence-corrected chi connectivity index (χ0v) is 15.9. The summed E-state index contributed by atoms with van der Waals surface area (Å²) in [5.41, 5.74) is 0.964. The van der Waals surface area contributed by atoms with Crippen molar-refractivity contribution in [1.82, 2.24) is 9.97 Å². The Labute approximate surface area is 160 Å². The summed E-state index contributed by atoms with van der Waals surface area (Å²) in [5, 5.41) is 0.525. The summed E-state index contributed by atoms with van der Waals surface area (Å²) in [4.78, 5) is 10.6. The molecule has 2 aromatic rings. The van der Waals surface area contributed by atoms with Crippen molar-refractivity contribution in [3.63, 3.8) is 0 Å². The summed E-state index contributed by atoms with van der Waals surface area (Å²) in [6, 6.07) is 9.21. The Morgan fingerprint density at radius 3 is 2.74 bits per heavy atom. The topological polar surface area (TPSA) is 56.7 Å². The monoisotopic (exact) mass is 397 g/mol. The van der Waals surface area contributed by atoms with E-state index >= 15 is 0 Å². The molecule has 1 aliphatic rings. The molecule has 0 bridgehead atoms. The van der Waals surface area contributed by atoms with Crippen LogP contribution in [0.1, 0.15) is 5.56 Å². The van der Waals surface area contributed by atoms with E-state index in [-0.39, 0.29) is 13.2 Å². The molecule has 6 nitrogen and oxygen atoms in total. The van der Waals surface area contributed by atoms with E-state index in [1.54, 1.807) is 18.1 Å². The molecule has 3 rings (SSSR count). The number of nitrogens with zero attached hydrogens (tertiary/aromatic N) is 3. The van der Waals surface area contributed by atoms with Gasteiger partial charge in [-0.3, -0.25) is 0 Å². The van der Waals surface area contributed by atoms with Gasteiger partial charge in [0.1, 0.15) is 24.3 Å². The number of hydrogen-bond donors (Lipinski definition) is 0. The van der Waals surface area contributed by atoms with E-state index in [9.17, 15) is 8.78 Å². The average molecular weight is 397 g/mol. The molecular weight excluding hydrogens is 376 g/mol. The van der Waals surface area contributed by atoms with Gasteiger partial charge in [-0.25, -0.2) is 13.8 Å². The maximum Gasteiger partial charge on any atom is 0.266 e. The van der Waals surface area contributed by atoms with Crippen molar-refractivity contribution in [1.29, 1.82) is 0 Å². The van der Waals surface area contributed by atoms with Gasteiger partial charge in [0.2, 0.25) is 5.88 Å². The first-order valence-electron chi connectivity index (χ1n) is 8.42. The number of halogens is 2. The molecule has 1 aromatic carbocycles. The highest BCUT2D eigenvalue weighted by Crippen LogP contribution is 2.25. The molecule has 0 radical (unpaired) electrons. The predicted molar refractivity (Wildman–Crippen MR) is 99.1 cm³/mol. The van der Waals surface area contributed by atoms with Gasteiger partial charge in [-0.15, -0.1) is 0 Å². The van der Waals surface area contributed by atoms with Gasteiger partial charge in [-0.1, -0.05) is 23.9 Å². The fraction of sp³-hybridized carbons (Fsp3) is 0.444. The molecule has 0 amide bonds. The summed E-state index contributed by atoms with van der Waals surface area (Å²) in [5.74, 6) is 1.74. The van der Waals surface area contributed by atoms with Gasteiger partial charge in [-0.2, -0.15) is 4.98 Å². The summed E-state index contributed by atoms with van der Waals surface area (Å²) in [7, 11) is 1.61. The minimum atomic E-state index is -2.53. The number of alkyl halides is 2. The molecule has 0 N–H and O–H groups in total. The number of benzene rings is 1. The third kappa shape index (κ3) is 5.20. The van der Waals surface area contributed by atoms with Crippen molar-refractivity contribution in [3.8, 4) is 11.6 Å². The van der Waals surface area contributed by atoms with E-state index in [2.05, 4.69) is 9.97 Å². The molecular formula is C18H21F2N3O3S. The van der Waals surface area contributed by atoms with Crippen LogP contribution in [0, 0.1) is 0 Å². The van der Waals surface area contributed by atoms with Crippen LogP contribution in [0.4, 0.5) is 14.6 Å². The zero-order chi connectivity index (χ0) is 19.2. The van der Waals surface area contributed by atoms with Gasteiger partial charge in [0.15, 0.2) is 5.16 Å². The Morgan fingerprint density at radius 2 is 2.07 bits per heavy atom. The Hall–Kier alpha value is -2.13. The highest BCUT2D eigenvalue weighted by molar-refractivity contribution is 7.98. The van der Waals surface area contributed by atoms with Gasteiger partial charge >= 0.3 is 0 Å². The maximum atomic E-state index is 13.0. The van der Waals surface area contributed by atoms with Crippen LogP contribution >= 0.6 is 11.8 Å². The Kier molecular flexibility index (Phi) is 6.68. The minimum absolute atomic E-state index is 0.0838. The molecule has 9 heteroatoms. The van der Waals surface area contributed by atoms with Gasteiger partial charge in [0.25, 0.3) is 6.43 Å². The second kappa shape index (κ2) is 9.18. The lowest BCUT2D eigenvalue weighted by Gasteiger charge is -2.33. The molecule has 2 heterocycles. The van der Waals surface area contributed by atoms with E-state index in [1.807, 2.05) is 30.5 Å². The Balaban J connectivity index is 1.72. The van der Waals surface area contributed by atoms with Crippen LogP contribution < -0.4 is 14.4 Å². The van der Waals surface area contributed by atoms with Gasteiger partial charge in [0, 0.05) is 12.6 Å². The number of anilines is 1. The van der Waals surface area contributed by atoms with Crippen molar-refractivity contribution in [2.45, 2.75) is 24.3 Å². The predicted octanol–water partition coefficient (Wildman–Crippen LogP) is 3.26. The lowest BCUT2D eigenvalue weighted by atomic mass is 10.2. The van der Waals surface area contributed by atoms with E-state index in [0.717, 1.165) is 11.3 Å². The number of thioether (sulfide) groups is 1. The molecule has 1 aliphatic heterocycles. The molecule has 1 atom stereocenters.